The molecule has 0 aromatic heterocycles. The van der Waals surface area contributed by atoms with Gasteiger partial charge in [0, 0.05) is 5.56 Å². The molecule has 2 N–H and O–H groups in total. The highest BCUT2D eigenvalue weighted by atomic mass is 16.1. The van der Waals surface area contributed by atoms with Gasteiger partial charge in [0.15, 0.2) is 0 Å². The summed E-state index contributed by atoms with van der Waals surface area (Å²) in [5, 5.41) is 8.71. The second kappa shape index (κ2) is 3.28. The van der Waals surface area contributed by atoms with Gasteiger partial charge in [-0.25, -0.2) is 0 Å². The summed E-state index contributed by atoms with van der Waals surface area (Å²) in [6.45, 7) is 3.55. The van der Waals surface area contributed by atoms with Crippen LogP contribution in [0.1, 0.15) is 27.0 Å². The van der Waals surface area contributed by atoms with Gasteiger partial charge >= 0.3 is 0 Å². The van der Waals surface area contributed by atoms with Gasteiger partial charge in [-0.2, -0.15) is 5.26 Å². The number of nitrogens with zero attached hydrogens (tertiary/aromatic N) is 1. The second-order valence-corrected chi connectivity index (χ2v) is 2.96. The zero-order valence-electron chi connectivity index (χ0n) is 7.59. The summed E-state index contributed by atoms with van der Waals surface area (Å²) < 4.78 is 0. The van der Waals surface area contributed by atoms with Crippen LogP contribution in [0.5, 0.6) is 0 Å². The van der Waals surface area contributed by atoms with Crippen LogP contribution in [-0.2, 0) is 0 Å². The Morgan fingerprint density at radius 2 is 2.00 bits per heavy atom. The summed E-state index contributed by atoms with van der Waals surface area (Å²) >= 11 is 0. The molecule has 66 valence electrons. The minimum atomic E-state index is -0.454. The molecule has 0 fully saturated rings. The number of amides is 1. The summed E-state index contributed by atoms with van der Waals surface area (Å²) in [6, 6.07) is 5.38. The molecule has 1 rings (SSSR count). The van der Waals surface area contributed by atoms with Crippen LogP contribution in [0, 0.1) is 25.2 Å². The lowest BCUT2D eigenvalue weighted by atomic mass is 10.0. The standard InChI is InChI=1S/C10H10N2O/c1-6-4-9(10(12)13)7(2)3-8(6)5-11/h3-4H,1-2H3,(H2,12,13). The van der Waals surface area contributed by atoms with E-state index in [0.717, 1.165) is 11.1 Å². The van der Waals surface area contributed by atoms with E-state index in [2.05, 4.69) is 6.07 Å². The molecule has 13 heavy (non-hydrogen) atoms. The molecule has 0 heterocycles. The van der Waals surface area contributed by atoms with Gasteiger partial charge in [-0.3, -0.25) is 4.79 Å². The first-order valence-corrected chi connectivity index (χ1v) is 3.87. The van der Waals surface area contributed by atoms with E-state index in [1.54, 1.807) is 26.0 Å². The third-order valence-electron chi connectivity index (χ3n) is 1.96. The zero-order chi connectivity index (χ0) is 10.0. The number of aryl methyl sites for hydroxylation is 2. The van der Waals surface area contributed by atoms with Crippen LogP contribution in [0.25, 0.3) is 0 Å². The van der Waals surface area contributed by atoms with Crippen molar-refractivity contribution in [2.24, 2.45) is 5.73 Å². The maximum absolute atomic E-state index is 10.9. The molecule has 0 atom stereocenters. The molecule has 0 radical (unpaired) electrons. The van der Waals surface area contributed by atoms with Crippen molar-refractivity contribution in [3.05, 3.63) is 34.4 Å². The van der Waals surface area contributed by atoms with E-state index >= 15 is 0 Å². The Hall–Kier alpha value is -1.82. The topological polar surface area (TPSA) is 66.9 Å². The van der Waals surface area contributed by atoms with E-state index in [1.165, 1.54) is 0 Å². The number of rotatable bonds is 1. The molecule has 0 bridgehead atoms. The lowest BCUT2D eigenvalue weighted by Gasteiger charge is -2.04. The Bertz CT molecular complexity index is 402. The van der Waals surface area contributed by atoms with Crippen LogP contribution >= 0.6 is 0 Å². The Kier molecular flexibility index (Phi) is 2.34. The van der Waals surface area contributed by atoms with Gasteiger partial charge < -0.3 is 5.73 Å². The van der Waals surface area contributed by atoms with Crippen LogP contribution in [0.15, 0.2) is 12.1 Å². The smallest absolute Gasteiger partial charge is 0.248 e. The molecule has 1 amide bonds. The molecule has 0 unspecified atom stereocenters. The number of hydrogen-bond acceptors (Lipinski definition) is 2. The van der Waals surface area contributed by atoms with Gasteiger partial charge in [-0.1, -0.05) is 0 Å². The minimum absolute atomic E-state index is 0.454. The average molecular weight is 174 g/mol. The Balaban J connectivity index is 3.39. The Labute approximate surface area is 76.8 Å². The highest BCUT2D eigenvalue weighted by molar-refractivity contribution is 5.94. The van der Waals surface area contributed by atoms with Gasteiger partial charge in [0.25, 0.3) is 0 Å². The fourth-order valence-electron chi connectivity index (χ4n) is 1.20. The molecule has 3 nitrogen and oxygen atoms in total. The molecule has 0 aliphatic heterocycles. The molecular weight excluding hydrogens is 164 g/mol. The van der Waals surface area contributed by atoms with E-state index in [9.17, 15) is 4.79 Å². The largest absolute Gasteiger partial charge is 0.366 e. The number of benzene rings is 1. The number of carbonyl (C=O) groups excluding carboxylic acids is 1. The third-order valence-corrected chi connectivity index (χ3v) is 1.96. The van der Waals surface area contributed by atoms with Gasteiger partial charge in [0.1, 0.15) is 0 Å². The molecule has 1 aromatic carbocycles. The highest BCUT2D eigenvalue weighted by Crippen LogP contribution is 2.14. The number of hydrogen-bond donors (Lipinski definition) is 1. The first-order valence-electron chi connectivity index (χ1n) is 3.87. The Morgan fingerprint density at radius 3 is 2.46 bits per heavy atom. The zero-order valence-corrected chi connectivity index (χ0v) is 7.59. The fourth-order valence-corrected chi connectivity index (χ4v) is 1.20. The van der Waals surface area contributed by atoms with Crippen LogP contribution in [-0.4, -0.2) is 5.91 Å². The van der Waals surface area contributed by atoms with Crippen molar-refractivity contribution in [3.8, 4) is 6.07 Å². The van der Waals surface area contributed by atoms with Crippen molar-refractivity contribution < 1.29 is 4.79 Å². The van der Waals surface area contributed by atoms with Gasteiger partial charge in [0.2, 0.25) is 5.91 Å². The number of nitrogens with two attached hydrogens (primary N) is 1. The minimum Gasteiger partial charge on any atom is -0.366 e. The Morgan fingerprint density at radius 1 is 1.38 bits per heavy atom. The van der Waals surface area contributed by atoms with E-state index < -0.39 is 5.91 Å². The SMILES string of the molecule is Cc1cc(C(N)=O)c(C)cc1C#N. The molecule has 1 aromatic rings. The maximum atomic E-state index is 10.9. The van der Waals surface area contributed by atoms with Crippen LogP contribution in [0.4, 0.5) is 0 Å². The lowest BCUT2D eigenvalue weighted by Crippen LogP contribution is -2.13. The van der Waals surface area contributed by atoms with E-state index in [-0.39, 0.29) is 0 Å². The summed E-state index contributed by atoms with van der Waals surface area (Å²) in [7, 11) is 0. The van der Waals surface area contributed by atoms with Crippen LogP contribution in [0.3, 0.4) is 0 Å². The van der Waals surface area contributed by atoms with Crippen molar-refractivity contribution in [2.45, 2.75) is 13.8 Å². The molecule has 0 saturated heterocycles. The van der Waals surface area contributed by atoms with Crippen LogP contribution < -0.4 is 5.73 Å². The number of carbonyl (C=O) groups is 1. The summed E-state index contributed by atoms with van der Waals surface area (Å²) in [5.41, 5.74) is 7.75. The number of primary amides is 1. The normalized spacial score (nSPS) is 9.31. The first kappa shape index (κ1) is 9.27. The molecular formula is C10H10N2O. The predicted molar refractivity (Wildman–Crippen MR) is 49.1 cm³/mol. The van der Waals surface area contributed by atoms with Crippen molar-refractivity contribution in [1.82, 2.24) is 0 Å². The summed E-state index contributed by atoms with van der Waals surface area (Å²) in [5.74, 6) is -0.454. The summed E-state index contributed by atoms with van der Waals surface area (Å²) in [6.07, 6.45) is 0. The molecule has 0 spiro atoms. The van der Waals surface area contributed by atoms with E-state index in [4.69, 9.17) is 11.0 Å². The van der Waals surface area contributed by atoms with Crippen molar-refractivity contribution in [3.63, 3.8) is 0 Å². The van der Waals surface area contributed by atoms with Gasteiger partial charge in [-0.15, -0.1) is 0 Å². The first-order chi connectivity index (χ1) is 6.06. The van der Waals surface area contributed by atoms with Gasteiger partial charge in [-0.05, 0) is 37.1 Å². The van der Waals surface area contributed by atoms with Crippen molar-refractivity contribution >= 4 is 5.91 Å². The molecule has 0 saturated carbocycles. The average Bonchev–Trinajstić information content (AvgIpc) is 2.07. The number of nitriles is 1. The highest BCUT2D eigenvalue weighted by Gasteiger charge is 2.07. The molecule has 0 aliphatic rings. The maximum Gasteiger partial charge on any atom is 0.248 e. The molecule has 0 aliphatic carbocycles. The third kappa shape index (κ3) is 1.67. The van der Waals surface area contributed by atoms with Gasteiger partial charge in [0.05, 0.1) is 11.6 Å². The second-order valence-electron chi connectivity index (χ2n) is 2.96. The van der Waals surface area contributed by atoms with Crippen molar-refractivity contribution in [1.29, 1.82) is 5.26 Å². The van der Waals surface area contributed by atoms with E-state index in [1.807, 2.05) is 0 Å². The van der Waals surface area contributed by atoms with E-state index in [0.29, 0.717) is 11.1 Å². The lowest BCUT2D eigenvalue weighted by molar-refractivity contribution is 0.0999. The fraction of sp³-hybridized carbons (Fsp3) is 0.200. The van der Waals surface area contributed by atoms with Crippen LogP contribution in [0.2, 0.25) is 0 Å². The molecule has 3 heteroatoms. The quantitative estimate of drug-likeness (QED) is 0.696. The van der Waals surface area contributed by atoms with Crippen molar-refractivity contribution in [2.75, 3.05) is 0 Å². The predicted octanol–water partition coefficient (Wildman–Crippen LogP) is 1.27. The summed E-state index contributed by atoms with van der Waals surface area (Å²) in [4.78, 5) is 10.9. The monoisotopic (exact) mass is 174 g/mol.